The molecule has 0 bridgehead atoms. The van der Waals surface area contributed by atoms with Gasteiger partial charge in [0, 0.05) is 30.6 Å². The first-order chi connectivity index (χ1) is 13.9. The van der Waals surface area contributed by atoms with Gasteiger partial charge in [-0.1, -0.05) is 30.7 Å². The Morgan fingerprint density at radius 2 is 1.90 bits per heavy atom. The third kappa shape index (κ3) is 2.95. The Kier molecular flexibility index (Phi) is 4.56. The summed E-state index contributed by atoms with van der Waals surface area (Å²) in [5.41, 5.74) is 1.34. The minimum absolute atomic E-state index is 0.0256. The molecule has 5 rings (SSSR count). The average Bonchev–Trinajstić information content (AvgIpc) is 3.17. The van der Waals surface area contributed by atoms with Crippen LogP contribution in [0.2, 0.25) is 0 Å². The molecule has 1 aromatic heterocycles. The topological polar surface area (TPSA) is 73.1 Å². The maximum Gasteiger partial charge on any atom is 0.227 e. The van der Waals surface area contributed by atoms with Crippen LogP contribution in [0.1, 0.15) is 77.5 Å². The highest BCUT2D eigenvalue weighted by atomic mass is 16.5. The number of aromatic nitrogens is 2. The van der Waals surface area contributed by atoms with E-state index >= 15 is 0 Å². The molecule has 3 fully saturated rings. The first kappa shape index (κ1) is 19.2. The molecule has 5 heteroatoms. The maximum absolute atomic E-state index is 13.0. The van der Waals surface area contributed by atoms with Crippen LogP contribution in [0, 0.1) is 34.5 Å². The van der Waals surface area contributed by atoms with Crippen LogP contribution in [0.25, 0.3) is 0 Å². The van der Waals surface area contributed by atoms with Gasteiger partial charge in [0.05, 0.1) is 0 Å². The molecule has 0 amide bonds. The van der Waals surface area contributed by atoms with Crippen molar-refractivity contribution < 1.29 is 14.1 Å². The number of allylic oxidation sites excluding steroid dienone is 2. The van der Waals surface area contributed by atoms with E-state index in [9.17, 15) is 9.59 Å². The average molecular weight is 397 g/mol. The van der Waals surface area contributed by atoms with E-state index in [0.717, 1.165) is 44.9 Å². The van der Waals surface area contributed by atoms with Gasteiger partial charge < -0.3 is 4.52 Å². The maximum atomic E-state index is 13.0. The molecule has 4 aliphatic rings. The largest absolute Gasteiger partial charge is 0.340 e. The number of ketones is 2. The minimum Gasteiger partial charge on any atom is -0.340 e. The predicted octanol–water partition coefficient (Wildman–Crippen LogP) is 4.72. The summed E-state index contributed by atoms with van der Waals surface area (Å²) in [6, 6.07) is 0. The van der Waals surface area contributed by atoms with E-state index in [1.54, 1.807) is 0 Å². The molecular weight excluding hydrogens is 364 g/mol. The fourth-order valence-electron chi connectivity index (χ4n) is 7.42. The van der Waals surface area contributed by atoms with Gasteiger partial charge in [0.2, 0.25) is 5.89 Å². The minimum atomic E-state index is -0.109. The molecule has 6 unspecified atom stereocenters. The van der Waals surface area contributed by atoms with Crippen molar-refractivity contribution in [1.29, 1.82) is 0 Å². The highest BCUT2D eigenvalue weighted by Crippen LogP contribution is 2.62. The second-order valence-electron chi connectivity index (χ2n) is 10.4. The third-order valence-electron chi connectivity index (χ3n) is 9.23. The first-order valence-corrected chi connectivity index (χ1v) is 11.4. The molecule has 1 heterocycles. The molecule has 0 aromatic carbocycles. The summed E-state index contributed by atoms with van der Waals surface area (Å²) in [5.74, 6) is 3.08. The summed E-state index contributed by atoms with van der Waals surface area (Å²) in [7, 11) is 0. The number of rotatable bonds is 2. The van der Waals surface area contributed by atoms with Crippen molar-refractivity contribution in [3.63, 3.8) is 0 Å². The summed E-state index contributed by atoms with van der Waals surface area (Å²) in [5, 5.41) is 3.69. The molecule has 6 atom stereocenters. The molecule has 0 aliphatic heterocycles. The number of carbonyl (C=O) groups is 2. The van der Waals surface area contributed by atoms with Crippen LogP contribution in [0.5, 0.6) is 0 Å². The zero-order valence-electron chi connectivity index (χ0n) is 17.7. The summed E-state index contributed by atoms with van der Waals surface area (Å²) < 4.78 is 5.18. The Labute approximate surface area is 172 Å². The number of carbonyl (C=O) groups excluding carboxylic acids is 2. The van der Waals surface area contributed by atoms with Crippen molar-refractivity contribution in [1.82, 2.24) is 10.1 Å². The summed E-state index contributed by atoms with van der Waals surface area (Å²) in [6.45, 7) is 4.65. The molecule has 0 radical (unpaired) electrons. The van der Waals surface area contributed by atoms with Gasteiger partial charge in [-0.25, -0.2) is 0 Å². The standard InChI is InChI=1S/C24H32N2O3/c1-23-10-8-15(12-22-25-14-26-29-22)20(27)13-16(23)6-7-17-18-4-3-5-21(28)24(18,2)11-9-19(17)23/h6,14-15,17-19H,3-5,7-13H2,1-2H3. The molecular formula is C24H32N2O3. The molecule has 4 aliphatic carbocycles. The van der Waals surface area contributed by atoms with Crippen molar-refractivity contribution in [2.24, 2.45) is 34.5 Å². The van der Waals surface area contributed by atoms with Gasteiger partial charge in [0.1, 0.15) is 11.6 Å². The van der Waals surface area contributed by atoms with Gasteiger partial charge >= 0.3 is 0 Å². The normalized spacial score (nSPS) is 42.3. The van der Waals surface area contributed by atoms with Gasteiger partial charge in [-0.05, 0) is 68.1 Å². The number of hydrogen-bond donors (Lipinski definition) is 0. The van der Waals surface area contributed by atoms with Gasteiger partial charge in [-0.2, -0.15) is 4.98 Å². The van der Waals surface area contributed by atoms with Crippen molar-refractivity contribution in [3.8, 4) is 0 Å². The number of fused-ring (bicyclic) bond motifs is 5. The quantitative estimate of drug-likeness (QED) is 0.676. The van der Waals surface area contributed by atoms with Crippen molar-refractivity contribution in [3.05, 3.63) is 23.9 Å². The summed E-state index contributed by atoms with van der Waals surface area (Å²) >= 11 is 0. The molecule has 5 nitrogen and oxygen atoms in total. The van der Waals surface area contributed by atoms with E-state index in [2.05, 4.69) is 30.1 Å². The van der Waals surface area contributed by atoms with Gasteiger partial charge in [-0.3, -0.25) is 9.59 Å². The molecule has 1 aromatic rings. The number of nitrogens with zero attached hydrogens (tertiary/aromatic N) is 2. The van der Waals surface area contributed by atoms with Gasteiger partial charge in [0.25, 0.3) is 0 Å². The molecule has 0 N–H and O–H groups in total. The Bertz CT molecular complexity index is 844. The zero-order chi connectivity index (χ0) is 20.2. The van der Waals surface area contributed by atoms with E-state index in [1.807, 2.05) is 0 Å². The van der Waals surface area contributed by atoms with Crippen molar-refractivity contribution in [2.45, 2.75) is 78.1 Å². The number of Topliss-reactive ketones (excluding diaryl/α,β-unsaturated/α-hetero) is 2. The SMILES string of the molecule is CC12CCC3C(CC=C4CC(=O)C(Cc5ncno5)CCC43C)C1CCCC2=O. The van der Waals surface area contributed by atoms with Crippen molar-refractivity contribution >= 4 is 11.6 Å². The van der Waals surface area contributed by atoms with Crippen molar-refractivity contribution in [2.75, 3.05) is 0 Å². The zero-order valence-corrected chi connectivity index (χ0v) is 17.7. The highest BCUT2D eigenvalue weighted by molar-refractivity contribution is 5.86. The Morgan fingerprint density at radius 3 is 2.69 bits per heavy atom. The van der Waals surface area contributed by atoms with Crippen LogP contribution in [-0.4, -0.2) is 21.7 Å². The summed E-state index contributed by atoms with van der Waals surface area (Å²) in [4.78, 5) is 30.0. The smallest absolute Gasteiger partial charge is 0.227 e. The fourth-order valence-corrected chi connectivity index (χ4v) is 7.42. The fraction of sp³-hybridized carbons (Fsp3) is 0.750. The van der Waals surface area contributed by atoms with E-state index in [4.69, 9.17) is 4.52 Å². The Hall–Kier alpha value is -1.78. The molecule has 0 spiro atoms. The number of hydrogen-bond acceptors (Lipinski definition) is 5. The van der Waals surface area contributed by atoms with Crippen LogP contribution >= 0.6 is 0 Å². The van der Waals surface area contributed by atoms with Gasteiger partial charge in [0.15, 0.2) is 6.33 Å². The lowest BCUT2D eigenvalue weighted by Crippen LogP contribution is -2.53. The van der Waals surface area contributed by atoms with Crippen LogP contribution in [0.15, 0.2) is 22.5 Å². The molecule has 3 saturated carbocycles. The van der Waals surface area contributed by atoms with E-state index in [1.165, 1.54) is 18.3 Å². The second kappa shape index (κ2) is 6.88. The highest BCUT2D eigenvalue weighted by Gasteiger charge is 2.57. The lowest BCUT2D eigenvalue weighted by molar-refractivity contribution is -0.144. The first-order valence-electron chi connectivity index (χ1n) is 11.4. The van der Waals surface area contributed by atoms with Crippen LogP contribution in [0.3, 0.4) is 0 Å². The second-order valence-corrected chi connectivity index (χ2v) is 10.4. The van der Waals surface area contributed by atoms with E-state index in [-0.39, 0.29) is 16.7 Å². The molecule has 29 heavy (non-hydrogen) atoms. The third-order valence-corrected chi connectivity index (χ3v) is 9.23. The van der Waals surface area contributed by atoms with E-state index in [0.29, 0.717) is 48.1 Å². The Morgan fingerprint density at radius 1 is 1.10 bits per heavy atom. The molecule has 0 saturated heterocycles. The van der Waals surface area contributed by atoms with Gasteiger partial charge in [-0.15, -0.1) is 0 Å². The monoisotopic (exact) mass is 396 g/mol. The van der Waals surface area contributed by atoms with Crippen LogP contribution in [-0.2, 0) is 16.0 Å². The lowest BCUT2D eigenvalue weighted by Gasteiger charge is -2.57. The predicted molar refractivity (Wildman–Crippen MR) is 108 cm³/mol. The van der Waals surface area contributed by atoms with Crippen LogP contribution < -0.4 is 0 Å². The lowest BCUT2D eigenvalue weighted by atomic mass is 9.46. The van der Waals surface area contributed by atoms with Crippen LogP contribution in [0.4, 0.5) is 0 Å². The summed E-state index contributed by atoms with van der Waals surface area (Å²) in [6.07, 6.45) is 13.1. The molecule has 156 valence electrons. The van der Waals surface area contributed by atoms with E-state index < -0.39 is 0 Å². The Balaban J connectivity index is 1.41.